The molecule has 0 fully saturated rings. The van der Waals surface area contributed by atoms with E-state index in [1.54, 1.807) is 11.6 Å². The Morgan fingerprint density at radius 2 is 2.24 bits per heavy atom. The van der Waals surface area contributed by atoms with Crippen molar-refractivity contribution in [3.05, 3.63) is 48.7 Å². The lowest BCUT2D eigenvalue weighted by Crippen LogP contribution is -2.30. The Morgan fingerprint density at radius 3 is 2.82 bits per heavy atom. The van der Waals surface area contributed by atoms with Gasteiger partial charge in [0.25, 0.3) is 5.56 Å². The maximum Gasteiger partial charge on any atom is 0.328 e. The number of rotatable bonds is 2. The zero-order chi connectivity index (χ0) is 12.6. The summed E-state index contributed by atoms with van der Waals surface area (Å²) < 4.78 is 3.29. The molecular formula is C9H8BrClN4O2. The average Bonchev–Trinajstić information content (AvgIpc) is 2.58. The monoisotopic (exact) mass is 318 g/mol. The van der Waals surface area contributed by atoms with E-state index in [9.17, 15) is 9.59 Å². The van der Waals surface area contributed by atoms with Crippen molar-refractivity contribution in [1.29, 1.82) is 0 Å². The van der Waals surface area contributed by atoms with Crippen molar-refractivity contribution in [3.63, 3.8) is 0 Å². The van der Waals surface area contributed by atoms with E-state index >= 15 is 0 Å². The molecule has 0 saturated heterocycles. The van der Waals surface area contributed by atoms with Crippen molar-refractivity contribution < 1.29 is 0 Å². The summed E-state index contributed by atoms with van der Waals surface area (Å²) in [6.45, 7) is 0.234. The van der Waals surface area contributed by atoms with Crippen LogP contribution < -0.4 is 11.2 Å². The molecule has 0 saturated carbocycles. The Morgan fingerprint density at radius 1 is 1.53 bits per heavy atom. The van der Waals surface area contributed by atoms with Crippen molar-refractivity contribution in [1.82, 2.24) is 19.1 Å². The highest BCUT2D eigenvalue weighted by Gasteiger charge is 2.08. The van der Waals surface area contributed by atoms with Crippen LogP contribution in [0, 0.1) is 0 Å². The summed E-state index contributed by atoms with van der Waals surface area (Å²) in [4.78, 5) is 28.9. The third kappa shape index (κ3) is 2.34. The average molecular weight is 320 g/mol. The van der Waals surface area contributed by atoms with Gasteiger partial charge < -0.3 is 4.57 Å². The largest absolute Gasteiger partial charge is 0.328 e. The third-order valence-corrected chi connectivity index (χ3v) is 3.22. The number of aromatic nitrogens is 4. The van der Waals surface area contributed by atoms with Gasteiger partial charge in [-0.25, -0.2) is 9.78 Å². The highest BCUT2D eigenvalue weighted by Crippen LogP contribution is 2.09. The highest BCUT2D eigenvalue weighted by atomic mass is 79.9. The maximum absolute atomic E-state index is 11.5. The van der Waals surface area contributed by atoms with Gasteiger partial charge in [0.2, 0.25) is 0 Å². The van der Waals surface area contributed by atoms with Crippen LogP contribution in [0.15, 0.2) is 26.5 Å². The van der Waals surface area contributed by atoms with Gasteiger partial charge >= 0.3 is 5.69 Å². The zero-order valence-corrected chi connectivity index (χ0v) is 11.1. The van der Waals surface area contributed by atoms with Crippen molar-refractivity contribution in [2.24, 2.45) is 7.05 Å². The summed E-state index contributed by atoms with van der Waals surface area (Å²) in [5, 5.41) is 0.483. The topological polar surface area (TPSA) is 72.7 Å². The first-order valence-corrected chi connectivity index (χ1v) is 5.81. The molecule has 0 spiro atoms. The molecule has 0 aliphatic carbocycles. The van der Waals surface area contributed by atoms with E-state index in [1.807, 2.05) is 0 Å². The van der Waals surface area contributed by atoms with Crippen LogP contribution in [-0.4, -0.2) is 19.1 Å². The quantitative estimate of drug-likeness (QED) is 0.887. The van der Waals surface area contributed by atoms with E-state index in [1.165, 1.54) is 17.0 Å². The number of nitrogens with zero attached hydrogens (tertiary/aromatic N) is 3. The second-order valence-corrected chi connectivity index (χ2v) is 4.66. The van der Waals surface area contributed by atoms with E-state index in [2.05, 4.69) is 25.9 Å². The first-order valence-electron chi connectivity index (χ1n) is 4.64. The molecule has 17 heavy (non-hydrogen) atoms. The Hall–Kier alpha value is -1.34. The standard InChI is InChI=1S/C9H8BrClN4O2/c1-14-6(11)2-12-7(14)4-15-3-5(10)8(16)13-9(15)17/h2-3H,4H2,1H3,(H,13,16,17). The molecule has 0 bridgehead atoms. The summed E-state index contributed by atoms with van der Waals surface area (Å²) in [5.74, 6) is 0.621. The molecule has 0 atom stereocenters. The molecule has 0 radical (unpaired) electrons. The first-order chi connectivity index (χ1) is 7.99. The van der Waals surface area contributed by atoms with E-state index in [-0.39, 0.29) is 11.0 Å². The molecule has 2 aromatic heterocycles. The van der Waals surface area contributed by atoms with Crippen molar-refractivity contribution in [3.8, 4) is 0 Å². The summed E-state index contributed by atoms with van der Waals surface area (Å²) in [6, 6.07) is 0. The van der Waals surface area contributed by atoms with Gasteiger partial charge in [0.15, 0.2) is 0 Å². The maximum atomic E-state index is 11.5. The first kappa shape index (κ1) is 12.1. The van der Waals surface area contributed by atoms with Gasteiger partial charge in [-0.3, -0.25) is 14.3 Å². The van der Waals surface area contributed by atoms with Crippen LogP contribution in [0.2, 0.25) is 5.15 Å². The summed E-state index contributed by atoms with van der Waals surface area (Å²) in [6.07, 6.45) is 2.92. The molecule has 0 aliphatic rings. The Balaban J connectivity index is 2.43. The lowest BCUT2D eigenvalue weighted by Gasteiger charge is -2.05. The number of imidazole rings is 1. The fraction of sp³-hybridized carbons (Fsp3) is 0.222. The van der Waals surface area contributed by atoms with Crippen LogP contribution in [-0.2, 0) is 13.6 Å². The van der Waals surface area contributed by atoms with Crippen LogP contribution in [0.3, 0.4) is 0 Å². The Kier molecular flexibility index (Phi) is 3.21. The van der Waals surface area contributed by atoms with Gasteiger partial charge in [-0.1, -0.05) is 11.6 Å². The molecule has 0 unspecified atom stereocenters. The van der Waals surface area contributed by atoms with Crippen LogP contribution in [0.25, 0.3) is 0 Å². The molecule has 2 aromatic rings. The number of halogens is 2. The molecule has 2 heterocycles. The summed E-state index contributed by atoms with van der Waals surface area (Å²) >= 11 is 8.90. The van der Waals surface area contributed by atoms with Gasteiger partial charge in [0.05, 0.1) is 17.2 Å². The fourth-order valence-corrected chi connectivity index (χ4v) is 1.82. The van der Waals surface area contributed by atoms with E-state index in [0.717, 1.165) is 0 Å². The van der Waals surface area contributed by atoms with Crippen LogP contribution in [0.1, 0.15) is 5.82 Å². The van der Waals surface area contributed by atoms with Gasteiger partial charge in [0.1, 0.15) is 11.0 Å². The van der Waals surface area contributed by atoms with E-state index in [0.29, 0.717) is 11.0 Å². The molecule has 0 aliphatic heterocycles. The van der Waals surface area contributed by atoms with Crippen LogP contribution >= 0.6 is 27.5 Å². The summed E-state index contributed by atoms with van der Waals surface area (Å²) in [7, 11) is 1.75. The van der Waals surface area contributed by atoms with E-state index in [4.69, 9.17) is 11.6 Å². The second kappa shape index (κ2) is 4.50. The number of nitrogens with one attached hydrogen (secondary N) is 1. The minimum absolute atomic E-state index is 0.234. The van der Waals surface area contributed by atoms with Gasteiger partial charge in [-0.2, -0.15) is 0 Å². The number of hydrogen-bond donors (Lipinski definition) is 1. The number of hydrogen-bond acceptors (Lipinski definition) is 3. The van der Waals surface area contributed by atoms with E-state index < -0.39 is 11.2 Å². The predicted octanol–water partition coefficient (Wildman–Crippen LogP) is 0.734. The molecule has 1 N–H and O–H groups in total. The predicted molar refractivity (Wildman–Crippen MR) is 66.3 cm³/mol. The molecule has 0 amide bonds. The van der Waals surface area contributed by atoms with Crippen LogP contribution in [0.4, 0.5) is 0 Å². The SMILES string of the molecule is Cn1c(Cl)cnc1Cn1cc(Br)c(=O)[nH]c1=O. The molecule has 90 valence electrons. The van der Waals surface area contributed by atoms with Crippen molar-refractivity contribution in [2.45, 2.75) is 6.54 Å². The number of H-pyrrole nitrogens is 1. The van der Waals surface area contributed by atoms with Crippen molar-refractivity contribution >= 4 is 27.5 Å². The normalized spacial score (nSPS) is 10.8. The van der Waals surface area contributed by atoms with Gasteiger partial charge in [0, 0.05) is 13.2 Å². The molecule has 0 aromatic carbocycles. The minimum Gasteiger partial charge on any atom is -0.321 e. The molecule has 6 nitrogen and oxygen atoms in total. The Labute approximate surface area is 109 Å². The smallest absolute Gasteiger partial charge is 0.321 e. The summed E-state index contributed by atoms with van der Waals surface area (Å²) in [5.41, 5.74) is -0.943. The van der Waals surface area contributed by atoms with Gasteiger partial charge in [-0.05, 0) is 15.9 Å². The Bertz CT molecular complexity index is 672. The highest BCUT2D eigenvalue weighted by molar-refractivity contribution is 9.10. The third-order valence-electron chi connectivity index (χ3n) is 2.31. The second-order valence-electron chi connectivity index (χ2n) is 3.42. The lowest BCUT2D eigenvalue weighted by atomic mass is 10.5. The molecule has 8 heteroatoms. The van der Waals surface area contributed by atoms with Crippen LogP contribution in [0.5, 0.6) is 0 Å². The fourth-order valence-electron chi connectivity index (χ4n) is 1.32. The minimum atomic E-state index is -0.489. The lowest BCUT2D eigenvalue weighted by molar-refractivity contribution is 0.655. The molecule has 2 rings (SSSR count). The molecular weight excluding hydrogens is 311 g/mol. The van der Waals surface area contributed by atoms with Gasteiger partial charge in [-0.15, -0.1) is 0 Å². The zero-order valence-electron chi connectivity index (χ0n) is 8.78. The number of aromatic amines is 1. The van der Waals surface area contributed by atoms with Crippen molar-refractivity contribution in [2.75, 3.05) is 0 Å².